The monoisotopic (exact) mass is 385 g/mol. The molecule has 2 aliphatic rings. The highest BCUT2D eigenvalue weighted by molar-refractivity contribution is 6.12. The molecule has 0 aromatic heterocycles. The maximum atomic E-state index is 14.7. The molecule has 2 aromatic rings. The second-order valence-corrected chi connectivity index (χ2v) is 7.24. The highest BCUT2D eigenvalue weighted by atomic mass is 19.1. The number of ether oxygens (including phenoxy) is 1. The molecule has 1 N–H and O–H groups in total. The Morgan fingerprint density at radius 2 is 1.89 bits per heavy atom. The number of hydrogen-bond acceptors (Lipinski definition) is 4. The average molecular weight is 385 g/mol. The fourth-order valence-electron chi connectivity index (χ4n) is 3.81. The summed E-state index contributed by atoms with van der Waals surface area (Å²) in [6, 6.07) is 9.17. The number of amides is 1. The van der Waals surface area contributed by atoms with Crippen LogP contribution in [0.3, 0.4) is 0 Å². The molecule has 4 rings (SSSR count). The molecule has 2 heterocycles. The molecular weight excluding hydrogens is 364 g/mol. The van der Waals surface area contributed by atoms with Gasteiger partial charge in [-0.15, -0.1) is 0 Å². The molecule has 7 heteroatoms. The molecule has 1 amide bonds. The Bertz CT molecular complexity index is 937. The van der Waals surface area contributed by atoms with E-state index in [-0.39, 0.29) is 23.7 Å². The van der Waals surface area contributed by atoms with Gasteiger partial charge in [0.25, 0.3) is 0 Å². The van der Waals surface area contributed by atoms with E-state index in [1.54, 1.807) is 18.2 Å². The molecule has 0 radical (unpaired) electrons. The number of hydrogen-bond donors (Lipinski definition) is 1. The zero-order chi connectivity index (χ0) is 19.8. The highest BCUT2D eigenvalue weighted by Gasteiger charge is 2.32. The number of carbonyl (C=O) groups excluding carboxylic acids is 1. The van der Waals surface area contributed by atoms with Crippen molar-refractivity contribution in [3.05, 3.63) is 53.6 Å². The van der Waals surface area contributed by atoms with Gasteiger partial charge in [-0.05, 0) is 38.1 Å². The van der Waals surface area contributed by atoms with E-state index in [0.29, 0.717) is 30.2 Å². The topological polar surface area (TPSA) is 53.9 Å². The first-order chi connectivity index (χ1) is 13.4. The first-order valence-corrected chi connectivity index (χ1v) is 9.26. The molecule has 0 spiro atoms. The lowest BCUT2D eigenvalue weighted by molar-refractivity contribution is -0.115. The van der Waals surface area contributed by atoms with Gasteiger partial charge in [0.2, 0.25) is 5.91 Å². The molecule has 3 unspecified atom stereocenters. The Labute approximate surface area is 162 Å². The van der Waals surface area contributed by atoms with Gasteiger partial charge in [-0.1, -0.05) is 6.07 Å². The van der Waals surface area contributed by atoms with Crippen molar-refractivity contribution in [1.82, 2.24) is 0 Å². The number of rotatable bonds is 3. The summed E-state index contributed by atoms with van der Waals surface area (Å²) in [4.78, 5) is 18.3. The molecule has 0 aliphatic carbocycles. The van der Waals surface area contributed by atoms with Crippen LogP contribution in [0.1, 0.15) is 25.3 Å². The standard InChI is InChI=1S/C21H21F2N3O2/c1-12-10-26(11-13(2)28-12)19-7-6-14(8-17(19)23)24-9-15-20-16(22)4-3-5-18(20)25-21(15)27/h3-9,12-13,15H,10-11H2,1-2H3,(H,25,27). The summed E-state index contributed by atoms with van der Waals surface area (Å²) in [6.45, 7) is 5.15. The zero-order valence-electron chi connectivity index (χ0n) is 15.7. The van der Waals surface area contributed by atoms with E-state index in [0.717, 1.165) is 0 Å². The first kappa shape index (κ1) is 18.6. The van der Waals surface area contributed by atoms with Crippen molar-refractivity contribution in [3.8, 4) is 0 Å². The molecule has 0 saturated carbocycles. The van der Waals surface area contributed by atoms with E-state index in [1.807, 2.05) is 18.7 Å². The second-order valence-electron chi connectivity index (χ2n) is 7.24. The quantitative estimate of drug-likeness (QED) is 0.812. The molecule has 28 heavy (non-hydrogen) atoms. The van der Waals surface area contributed by atoms with Gasteiger partial charge in [0, 0.05) is 36.6 Å². The number of fused-ring (bicyclic) bond motifs is 1. The number of morpholine rings is 1. The molecule has 1 saturated heterocycles. The van der Waals surface area contributed by atoms with E-state index in [2.05, 4.69) is 10.3 Å². The van der Waals surface area contributed by atoms with Crippen LogP contribution >= 0.6 is 0 Å². The summed E-state index contributed by atoms with van der Waals surface area (Å²) >= 11 is 0. The van der Waals surface area contributed by atoms with Crippen molar-refractivity contribution < 1.29 is 18.3 Å². The largest absolute Gasteiger partial charge is 0.372 e. The van der Waals surface area contributed by atoms with Crippen molar-refractivity contribution in [3.63, 3.8) is 0 Å². The molecule has 1 fully saturated rings. The Morgan fingerprint density at radius 1 is 1.14 bits per heavy atom. The molecule has 146 valence electrons. The number of halogens is 2. The van der Waals surface area contributed by atoms with Crippen LogP contribution in [0.5, 0.6) is 0 Å². The lowest BCUT2D eigenvalue weighted by Crippen LogP contribution is -2.45. The second kappa shape index (κ2) is 7.31. The van der Waals surface area contributed by atoms with Crippen molar-refractivity contribution in [1.29, 1.82) is 0 Å². The number of anilines is 2. The fraction of sp³-hybridized carbons (Fsp3) is 0.333. The predicted molar refractivity (Wildman–Crippen MR) is 105 cm³/mol. The van der Waals surface area contributed by atoms with Crippen LogP contribution in [0.4, 0.5) is 25.8 Å². The van der Waals surface area contributed by atoms with E-state index >= 15 is 0 Å². The third kappa shape index (κ3) is 3.49. The summed E-state index contributed by atoms with van der Waals surface area (Å²) < 4.78 is 34.5. The minimum Gasteiger partial charge on any atom is -0.372 e. The Balaban J connectivity index is 1.55. The Morgan fingerprint density at radius 3 is 2.61 bits per heavy atom. The van der Waals surface area contributed by atoms with Crippen molar-refractivity contribution in [2.24, 2.45) is 4.99 Å². The normalized spacial score (nSPS) is 24.5. The van der Waals surface area contributed by atoms with Crippen LogP contribution in [0.15, 0.2) is 41.4 Å². The van der Waals surface area contributed by atoms with Gasteiger partial charge >= 0.3 is 0 Å². The van der Waals surface area contributed by atoms with Gasteiger partial charge in [-0.2, -0.15) is 0 Å². The zero-order valence-corrected chi connectivity index (χ0v) is 15.7. The smallest absolute Gasteiger partial charge is 0.237 e. The van der Waals surface area contributed by atoms with Crippen LogP contribution in [-0.2, 0) is 9.53 Å². The van der Waals surface area contributed by atoms with Crippen LogP contribution in [0.25, 0.3) is 0 Å². The third-order valence-electron chi connectivity index (χ3n) is 4.97. The number of nitrogens with one attached hydrogen (secondary N) is 1. The minimum atomic E-state index is -0.833. The number of carbonyl (C=O) groups is 1. The molecule has 5 nitrogen and oxygen atoms in total. The van der Waals surface area contributed by atoms with Crippen LogP contribution in [-0.4, -0.2) is 37.4 Å². The highest BCUT2D eigenvalue weighted by Crippen LogP contribution is 2.34. The van der Waals surface area contributed by atoms with Gasteiger partial charge < -0.3 is 15.0 Å². The maximum Gasteiger partial charge on any atom is 0.237 e. The van der Waals surface area contributed by atoms with Gasteiger partial charge in [-0.3, -0.25) is 9.79 Å². The third-order valence-corrected chi connectivity index (χ3v) is 4.97. The molecule has 2 aliphatic heterocycles. The Hall–Kier alpha value is -2.80. The van der Waals surface area contributed by atoms with Crippen LogP contribution in [0, 0.1) is 11.6 Å². The maximum absolute atomic E-state index is 14.7. The molecule has 3 atom stereocenters. The lowest BCUT2D eigenvalue weighted by Gasteiger charge is -2.37. The van der Waals surface area contributed by atoms with Crippen molar-refractivity contribution >= 4 is 29.2 Å². The summed E-state index contributed by atoms with van der Waals surface area (Å²) in [5.74, 6) is -2.04. The van der Waals surface area contributed by atoms with Gasteiger partial charge in [-0.25, -0.2) is 8.78 Å². The summed E-state index contributed by atoms with van der Waals surface area (Å²) in [6.07, 6.45) is 1.41. The first-order valence-electron chi connectivity index (χ1n) is 9.26. The van der Waals surface area contributed by atoms with E-state index < -0.39 is 17.6 Å². The average Bonchev–Trinajstić information content (AvgIpc) is 2.95. The fourth-order valence-corrected chi connectivity index (χ4v) is 3.81. The SMILES string of the molecule is CC1CN(c2ccc(N=CC3C(=O)Nc4cccc(F)c43)cc2F)CC(C)O1. The van der Waals surface area contributed by atoms with Gasteiger partial charge in [0.1, 0.15) is 17.6 Å². The van der Waals surface area contributed by atoms with E-state index in [9.17, 15) is 13.6 Å². The predicted octanol–water partition coefficient (Wildman–Crippen LogP) is 4.02. The van der Waals surface area contributed by atoms with Gasteiger partial charge in [0.05, 0.1) is 23.6 Å². The summed E-state index contributed by atoms with van der Waals surface area (Å²) in [5, 5.41) is 2.63. The summed E-state index contributed by atoms with van der Waals surface area (Å²) in [5.41, 5.74) is 1.58. The van der Waals surface area contributed by atoms with Crippen molar-refractivity contribution in [2.75, 3.05) is 23.3 Å². The van der Waals surface area contributed by atoms with Gasteiger partial charge in [0.15, 0.2) is 0 Å². The van der Waals surface area contributed by atoms with Crippen LogP contribution in [0.2, 0.25) is 0 Å². The minimum absolute atomic E-state index is 0.0247. The number of aliphatic imine (C=N–C) groups is 1. The van der Waals surface area contributed by atoms with E-state index in [4.69, 9.17) is 4.74 Å². The lowest BCUT2D eigenvalue weighted by atomic mass is 10.0. The van der Waals surface area contributed by atoms with E-state index in [1.165, 1.54) is 24.4 Å². The number of nitrogens with zero attached hydrogens (tertiary/aromatic N) is 2. The molecular formula is C21H21F2N3O2. The molecule has 0 bridgehead atoms. The molecule has 2 aromatic carbocycles. The van der Waals surface area contributed by atoms with Crippen molar-refractivity contribution in [2.45, 2.75) is 32.0 Å². The summed E-state index contributed by atoms with van der Waals surface area (Å²) in [7, 11) is 0. The number of benzene rings is 2. The van der Waals surface area contributed by atoms with Crippen LogP contribution < -0.4 is 10.2 Å². The Kier molecular flexibility index (Phi) is 4.85.